The van der Waals surface area contributed by atoms with Crippen molar-refractivity contribution in [3.63, 3.8) is 0 Å². The minimum Gasteiger partial charge on any atom is -0.480 e. The Hall–Kier alpha value is -0.180. The molecular weight excluding hydrogens is 148 g/mol. The van der Waals surface area contributed by atoms with E-state index in [1.807, 2.05) is 27.0 Å². The van der Waals surface area contributed by atoms with Crippen molar-refractivity contribution >= 4 is 17.7 Å². The number of carboxylic acids is 1. The fraction of sp³-hybridized carbons (Fsp3) is 0.857. The molecule has 0 amide bonds. The van der Waals surface area contributed by atoms with Crippen LogP contribution in [-0.2, 0) is 4.79 Å². The molecule has 0 bridgehead atoms. The standard InChI is InChI=1S/C7H14O2S/c1-7(2,3)5(10-4)6(8)9/h5H,1-4H3,(H,8,9)/t5-/m0/s1. The molecule has 0 aromatic heterocycles. The van der Waals surface area contributed by atoms with E-state index in [9.17, 15) is 4.79 Å². The van der Waals surface area contributed by atoms with Crippen molar-refractivity contribution in [3.05, 3.63) is 0 Å². The minimum absolute atomic E-state index is 0.148. The van der Waals surface area contributed by atoms with Crippen LogP contribution in [0.2, 0.25) is 0 Å². The Morgan fingerprint density at radius 1 is 1.50 bits per heavy atom. The third kappa shape index (κ3) is 2.60. The molecule has 0 saturated heterocycles. The van der Waals surface area contributed by atoms with E-state index in [1.165, 1.54) is 11.8 Å². The fourth-order valence-electron chi connectivity index (χ4n) is 0.825. The van der Waals surface area contributed by atoms with Gasteiger partial charge in [0.05, 0.1) is 0 Å². The second-order valence-electron chi connectivity index (χ2n) is 3.32. The number of hydrogen-bond donors (Lipinski definition) is 1. The zero-order chi connectivity index (χ0) is 8.36. The third-order valence-electron chi connectivity index (χ3n) is 1.25. The van der Waals surface area contributed by atoms with E-state index >= 15 is 0 Å². The first-order chi connectivity index (χ1) is 4.39. The largest absolute Gasteiger partial charge is 0.480 e. The molecule has 0 aromatic rings. The van der Waals surface area contributed by atoms with Crippen LogP contribution in [0.15, 0.2) is 0 Å². The smallest absolute Gasteiger partial charge is 0.317 e. The Kier molecular flexibility index (Phi) is 3.22. The van der Waals surface area contributed by atoms with Gasteiger partial charge in [-0.05, 0) is 11.7 Å². The van der Waals surface area contributed by atoms with Gasteiger partial charge in [0.1, 0.15) is 5.25 Å². The molecule has 0 aromatic carbocycles. The topological polar surface area (TPSA) is 37.3 Å². The first-order valence-electron chi connectivity index (χ1n) is 3.15. The Bertz CT molecular complexity index is 126. The molecule has 0 unspecified atom stereocenters. The molecule has 10 heavy (non-hydrogen) atoms. The second kappa shape index (κ2) is 3.28. The number of carbonyl (C=O) groups is 1. The van der Waals surface area contributed by atoms with Crippen molar-refractivity contribution in [1.29, 1.82) is 0 Å². The lowest BCUT2D eigenvalue weighted by Gasteiger charge is -2.24. The maximum atomic E-state index is 10.6. The first kappa shape index (κ1) is 9.82. The molecule has 1 atom stereocenters. The normalized spacial score (nSPS) is 14.8. The lowest BCUT2D eigenvalue weighted by Crippen LogP contribution is -2.30. The highest BCUT2D eigenvalue weighted by Crippen LogP contribution is 2.28. The summed E-state index contributed by atoms with van der Waals surface area (Å²) in [6.07, 6.45) is 1.82. The molecule has 0 heterocycles. The van der Waals surface area contributed by atoms with Gasteiger partial charge in [0.15, 0.2) is 0 Å². The third-order valence-corrected chi connectivity index (χ3v) is 2.63. The summed E-state index contributed by atoms with van der Waals surface area (Å²) in [6, 6.07) is 0. The Morgan fingerprint density at radius 3 is 1.90 bits per heavy atom. The van der Waals surface area contributed by atoms with Crippen molar-refractivity contribution in [2.75, 3.05) is 6.26 Å². The molecule has 0 radical (unpaired) electrons. The summed E-state index contributed by atoms with van der Waals surface area (Å²) < 4.78 is 0. The minimum atomic E-state index is -0.722. The van der Waals surface area contributed by atoms with Crippen molar-refractivity contribution in [2.24, 2.45) is 5.41 Å². The van der Waals surface area contributed by atoms with Crippen molar-refractivity contribution in [2.45, 2.75) is 26.0 Å². The molecule has 0 aliphatic carbocycles. The number of carboxylic acid groups (broad SMARTS) is 1. The van der Waals surface area contributed by atoms with Gasteiger partial charge in [-0.25, -0.2) is 0 Å². The Balaban J connectivity index is 4.22. The summed E-state index contributed by atoms with van der Waals surface area (Å²) in [6.45, 7) is 5.80. The lowest BCUT2D eigenvalue weighted by molar-refractivity contribution is -0.138. The monoisotopic (exact) mass is 162 g/mol. The van der Waals surface area contributed by atoms with Gasteiger partial charge in [-0.3, -0.25) is 4.79 Å². The van der Waals surface area contributed by atoms with Crippen LogP contribution in [0.5, 0.6) is 0 Å². The van der Waals surface area contributed by atoms with Gasteiger partial charge in [0.25, 0.3) is 0 Å². The zero-order valence-electron chi connectivity index (χ0n) is 6.84. The molecule has 3 heteroatoms. The Morgan fingerprint density at radius 2 is 1.90 bits per heavy atom. The predicted octanol–water partition coefficient (Wildman–Crippen LogP) is 1.85. The molecule has 0 spiro atoms. The number of thioether (sulfide) groups is 1. The molecule has 0 aliphatic heterocycles. The highest BCUT2D eigenvalue weighted by Gasteiger charge is 2.29. The van der Waals surface area contributed by atoms with Crippen LogP contribution >= 0.6 is 11.8 Å². The van der Waals surface area contributed by atoms with Gasteiger partial charge < -0.3 is 5.11 Å². The number of aliphatic carboxylic acids is 1. The predicted molar refractivity (Wildman–Crippen MR) is 44.4 cm³/mol. The number of hydrogen-bond acceptors (Lipinski definition) is 2. The van der Waals surface area contributed by atoms with Gasteiger partial charge >= 0.3 is 5.97 Å². The van der Waals surface area contributed by atoms with E-state index in [1.54, 1.807) is 0 Å². The van der Waals surface area contributed by atoms with Gasteiger partial charge in [-0.15, -0.1) is 11.8 Å². The molecule has 1 N–H and O–H groups in total. The second-order valence-corrected chi connectivity index (χ2v) is 4.26. The average Bonchev–Trinajstić information content (AvgIpc) is 1.60. The molecule has 0 rings (SSSR count). The average molecular weight is 162 g/mol. The van der Waals surface area contributed by atoms with E-state index in [4.69, 9.17) is 5.11 Å². The van der Waals surface area contributed by atoms with E-state index in [-0.39, 0.29) is 10.7 Å². The quantitative estimate of drug-likeness (QED) is 0.673. The maximum Gasteiger partial charge on any atom is 0.317 e. The SMILES string of the molecule is CS[C@@H](C(=O)O)C(C)(C)C. The molecular formula is C7H14O2S. The summed E-state index contributed by atoms with van der Waals surface area (Å²) >= 11 is 1.39. The van der Waals surface area contributed by atoms with E-state index < -0.39 is 5.97 Å². The van der Waals surface area contributed by atoms with Crippen molar-refractivity contribution < 1.29 is 9.90 Å². The lowest BCUT2D eigenvalue weighted by atomic mass is 9.92. The van der Waals surface area contributed by atoms with E-state index in [0.29, 0.717) is 0 Å². The van der Waals surface area contributed by atoms with E-state index in [2.05, 4.69) is 0 Å². The van der Waals surface area contributed by atoms with Crippen molar-refractivity contribution in [1.82, 2.24) is 0 Å². The summed E-state index contributed by atoms with van der Waals surface area (Å²) in [5.41, 5.74) is -0.148. The van der Waals surface area contributed by atoms with E-state index in [0.717, 1.165) is 0 Å². The van der Waals surface area contributed by atoms with Gasteiger partial charge in [-0.2, -0.15) is 0 Å². The van der Waals surface area contributed by atoms with Crippen LogP contribution in [0.4, 0.5) is 0 Å². The Labute approximate surface area is 66.0 Å². The highest BCUT2D eigenvalue weighted by molar-refractivity contribution is 7.99. The molecule has 0 saturated carbocycles. The molecule has 2 nitrogen and oxygen atoms in total. The van der Waals surface area contributed by atoms with Gasteiger partial charge in [0.2, 0.25) is 0 Å². The van der Waals surface area contributed by atoms with Crippen molar-refractivity contribution in [3.8, 4) is 0 Å². The highest BCUT2D eigenvalue weighted by atomic mass is 32.2. The summed E-state index contributed by atoms with van der Waals surface area (Å²) in [7, 11) is 0. The fourth-order valence-corrected chi connectivity index (χ4v) is 1.73. The van der Waals surface area contributed by atoms with Crippen LogP contribution in [0, 0.1) is 5.41 Å². The van der Waals surface area contributed by atoms with Crippen LogP contribution in [0.25, 0.3) is 0 Å². The summed E-state index contributed by atoms with van der Waals surface area (Å²) in [4.78, 5) is 10.6. The van der Waals surface area contributed by atoms with Crippen LogP contribution in [-0.4, -0.2) is 22.6 Å². The molecule has 0 aliphatic rings. The molecule has 0 fully saturated rings. The van der Waals surface area contributed by atoms with Crippen LogP contribution in [0.1, 0.15) is 20.8 Å². The van der Waals surface area contributed by atoms with Gasteiger partial charge in [-0.1, -0.05) is 20.8 Å². The van der Waals surface area contributed by atoms with Gasteiger partial charge in [0, 0.05) is 0 Å². The zero-order valence-corrected chi connectivity index (χ0v) is 7.66. The van der Waals surface area contributed by atoms with Crippen LogP contribution in [0.3, 0.4) is 0 Å². The maximum absolute atomic E-state index is 10.6. The first-order valence-corrected chi connectivity index (χ1v) is 4.44. The summed E-state index contributed by atoms with van der Waals surface area (Å²) in [5, 5.41) is 8.39. The van der Waals surface area contributed by atoms with Crippen LogP contribution < -0.4 is 0 Å². The number of rotatable bonds is 2. The summed E-state index contributed by atoms with van der Waals surface area (Å²) in [5.74, 6) is -0.722. The molecule has 60 valence electrons.